The molecular formula is C16H13F3N4O. The van der Waals surface area contributed by atoms with Gasteiger partial charge in [-0.05, 0) is 31.2 Å². The van der Waals surface area contributed by atoms with E-state index >= 15 is 0 Å². The van der Waals surface area contributed by atoms with E-state index in [2.05, 4.69) is 15.0 Å². The molecule has 0 aliphatic heterocycles. The van der Waals surface area contributed by atoms with Gasteiger partial charge in [-0.3, -0.25) is 0 Å². The van der Waals surface area contributed by atoms with Crippen molar-refractivity contribution < 1.29 is 17.9 Å². The quantitative estimate of drug-likeness (QED) is 0.791. The van der Waals surface area contributed by atoms with Crippen molar-refractivity contribution >= 4 is 17.0 Å². The number of alkyl halides is 3. The Morgan fingerprint density at radius 1 is 1.00 bits per heavy atom. The highest BCUT2D eigenvalue weighted by atomic mass is 19.4. The molecule has 0 spiro atoms. The summed E-state index contributed by atoms with van der Waals surface area (Å²) in [4.78, 5) is 12.5. The van der Waals surface area contributed by atoms with E-state index in [1.54, 1.807) is 19.1 Å². The predicted octanol–water partition coefficient (Wildman–Crippen LogP) is 3.69. The van der Waals surface area contributed by atoms with Crippen LogP contribution in [-0.2, 0) is 6.18 Å². The first-order chi connectivity index (χ1) is 11.4. The summed E-state index contributed by atoms with van der Waals surface area (Å²) >= 11 is 0. The van der Waals surface area contributed by atoms with E-state index in [1.807, 2.05) is 0 Å². The van der Waals surface area contributed by atoms with E-state index in [0.717, 1.165) is 12.1 Å². The lowest BCUT2D eigenvalue weighted by Crippen LogP contribution is -2.04. The summed E-state index contributed by atoms with van der Waals surface area (Å²) in [6.07, 6.45) is -4.37. The molecule has 5 nitrogen and oxygen atoms in total. The van der Waals surface area contributed by atoms with Gasteiger partial charge in [0.1, 0.15) is 0 Å². The van der Waals surface area contributed by atoms with E-state index < -0.39 is 11.7 Å². The fourth-order valence-corrected chi connectivity index (χ4v) is 2.23. The Bertz CT molecular complexity index is 879. The third kappa shape index (κ3) is 3.08. The van der Waals surface area contributed by atoms with E-state index in [-0.39, 0.29) is 11.8 Å². The van der Waals surface area contributed by atoms with Crippen molar-refractivity contribution in [3.05, 3.63) is 42.0 Å². The number of ether oxygens (including phenoxy) is 1. The molecule has 124 valence electrons. The van der Waals surface area contributed by atoms with Gasteiger partial charge in [-0.25, -0.2) is 9.97 Å². The number of hydrogen-bond acceptors (Lipinski definition) is 5. The molecule has 0 unspecified atom stereocenters. The largest absolute Gasteiger partial charge is 0.476 e. The monoisotopic (exact) mass is 334 g/mol. The zero-order chi connectivity index (χ0) is 17.3. The Kier molecular flexibility index (Phi) is 3.96. The number of aromatic nitrogens is 3. The molecule has 0 aliphatic rings. The molecule has 0 saturated carbocycles. The SMILES string of the molecule is CCOc1nc(N)nc2ccc(-c3ccc(C(F)(F)F)cc3)nc12. The summed E-state index contributed by atoms with van der Waals surface area (Å²) in [6, 6.07) is 8.11. The minimum absolute atomic E-state index is 0.0648. The molecular weight excluding hydrogens is 321 g/mol. The molecule has 2 aromatic heterocycles. The lowest BCUT2D eigenvalue weighted by atomic mass is 10.1. The van der Waals surface area contributed by atoms with Gasteiger partial charge in [0, 0.05) is 5.56 Å². The molecule has 1 aromatic carbocycles. The van der Waals surface area contributed by atoms with Crippen molar-refractivity contribution in [2.75, 3.05) is 12.3 Å². The van der Waals surface area contributed by atoms with Gasteiger partial charge in [-0.15, -0.1) is 0 Å². The fraction of sp³-hybridized carbons (Fsp3) is 0.188. The second-order valence-corrected chi connectivity index (χ2v) is 4.96. The van der Waals surface area contributed by atoms with Crippen LogP contribution in [0.25, 0.3) is 22.3 Å². The fourth-order valence-electron chi connectivity index (χ4n) is 2.23. The van der Waals surface area contributed by atoms with Crippen molar-refractivity contribution in [1.29, 1.82) is 0 Å². The minimum Gasteiger partial charge on any atom is -0.476 e. The van der Waals surface area contributed by atoms with Crippen molar-refractivity contribution in [3.8, 4) is 17.1 Å². The number of nitrogens with two attached hydrogens (primary N) is 1. The highest BCUT2D eigenvalue weighted by Crippen LogP contribution is 2.31. The summed E-state index contributed by atoms with van der Waals surface area (Å²) in [7, 11) is 0. The van der Waals surface area contributed by atoms with Crippen molar-refractivity contribution in [2.45, 2.75) is 13.1 Å². The van der Waals surface area contributed by atoms with Gasteiger partial charge in [-0.2, -0.15) is 18.2 Å². The molecule has 24 heavy (non-hydrogen) atoms. The Morgan fingerprint density at radius 3 is 2.33 bits per heavy atom. The third-order valence-electron chi connectivity index (χ3n) is 3.32. The van der Waals surface area contributed by atoms with Crippen LogP contribution in [0.4, 0.5) is 19.1 Å². The molecule has 0 fully saturated rings. The van der Waals surface area contributed by atoms with Crippen LogP contribution in [0.2, 0.25) is 0 Å². The second-order valence-electron chi connectivity index (χ2n) is 4.96. The Balaban J connectivity index is 2.07. The van der Waals surface area contributed by atoms with Crippen LogP contribution in [0.1, 0.15) is 12.5 Å². The van der Waals surface area contributed by atoms with Gasteiger partial charge in [0.2, 0.25) is 11.8 Å². The maximum absolute atomic E-state index is 12.6. The van der Waals surface area contributed by atoms with Crippen LogP contribution in [0.5, 0.6) is 5.88 Å². The van der Waals surface area contributed by atoms with Gasteiger partial charge in [0.25, 0.3) is 0 Å². The lowest BCUT2D eigenvalue weighted by Gasteiger charge is -2.09. The number of fused-ring (bicyclic) bond motifs is 1. The maximum Gasteiger partial charge on any atom is 0.416 e. The summed E-state index contributed by atoms with van der Waals surface area (Å²) < 4.78 is 43.3. The molecule has 8 heteroatoms. The van der Waals surface area contributed by atoms with Gasteiger partial charge in [-0.1, -0.05) is 12.1 Å². The summed E-state index contributed by atoms with van der Waals surface area (Å²) in [5.74, 6) is 0.309. The van der Waals surface area contributed by atoms with Gasteiger partial charge >= 0.3 is 6.18 Å². The van der Waals surface area contributed by atoms with E-state index in [9.17, 15) is 13.2 Å². The lowest BCUT2D eigenvalue weighted by molar-refractivity contribution is -0.137. The Labute approximate surface area is 135 Å². The van der Waals surface area contributed by atoms with E-state index in [0.29, 0.717) is 28.9 Å². The molecule has 0 saturated heterocycles. The molecule has 2 N–H and O–H groups in total. The number of nitrogen functional groups attached to an aromatic ring is 1. The average Bonchev–Trinajstić information content (AvgIpc) is 2.54. The van der Waals surface area contributed by atoms with Crippen LogP contribution in [0.15, 0.2) is 36.4 Å². The van der Waals surface area contributed by atoms with Gasteiger partial charge < -0.3 is 10.5 Å². The first-order valence-corrected chi connectivity index (χ1v) is 7.13. The number of nitrogens with zero attached hydrogens (tertiary/aromatic N) is 3. The minimum atomic E-state index is -4.37. The standard InChI is InChI=1S/C16H13F3N4O/c1-2-24-14-13-12(22-15(20)23-14)8-7-11(21-13)9-3-5-10(6-4-9)16(17,18)19/h3-8H,2H2,1H3,(H2,20,22,23). The molecule has 0 aliphatic carbocycles. The molecule has 2 heterocycles. The number of anilines is 1. The van der Waals surface area contributed by atoms with Crippen molar-refractivity contribution in [3.63, 3.8) is 0 Å². The molecule has 0 radical (unpaired) electrons. The predicted molar refractivity (Wildman–Crippen MR) is 83.4 cm³/mol. The van der Waals surface area contributed by atoms with Crippen LogP contribution in [-0.4, -0.2) is 21.6 Å². The molecule has 3 rings (SSSR count). The topological polar surface area (TPSA) is 73.9 Å². The van der Waals surface area contributed by atoms with E-state index in [1.165, 1.54) is 12.1 Å². The zero-order valence-corrected chi connectivity index (χ0v) is 12.6. The Hall–Kier alpha value is -2.90. The third-order valence-corrected chi connectivity index (χ3v) is 3.32. The number of hydrogen-bond donors (Lipinski definition) is 1. The van der Waals surface area contributed by atoms with E-state index in [4.69, 9.17) is 10.5 Å². The Morgan fingerprint density at radius 2 is 1.71 bits per heavy atom. The van der Waals surface area contributed by atoms with Crippen LogP contribution >= 0.6 is 0 Å². The van der Waals surface area contributed by atoms with Crippen LogP contribution < -0.4 is 10.5 Å². The summed E-state index contributed by atoms with van der Waals surface area (Å²) in [5, 5.41) is 0. The van der Waals surface area contributed by atoms with Gasteiger partial charge in [0.05, 0.1) is 23.4 Å². The number of halogens is 3. The molecule has 0 amide bonds. The van der Waals surface area contributed by atoms with Crippen molar-refractivity contribution in [2.24, 2.45) is 0 Å². The summed E-state index contributed by atoms with van der Waals surface area (Å²) in [6.45, 7) is 2.17. The summed E-state index contributed by atoms with van der Waals surface area (Å²) in [5.41, 5.74) is 6.86. The molecule has 3 aromatic rings. The number of pyridine rings is 1. The smallest absolute Gasteiger partial charge is 0.416 e. The van der Waals surface area contributed by atoms with Crippen LogP contribution in [0.3, 0.4) is 0 Å². The van der Waals surface area contributed by atoms with Crippen molar-refractivity contribution in [1.82, 2.24) is 15.0 Å². The first kappa shape index (κ1) is 16.0. The molecule has 0 atom stereocenters. The average molecular weight is 334 g/mol. The first-order valence-electron chi connectivity index (χ1n) is 7.13. The number of rotatable bonds is 3. The van der Waals surface area contributed by atoms with Crippen LogP contribution in [0, 0.1) is 0 Å². The molecule has 0 bridgehead atoms. The normalized spacial score (nSPS) is 11.7. The van der Waals surface area contributed by atoms with Gasteiger partial charge in [0.15, 0.2) is 5.52 Å². The highest BCUT2D eigenvalue weighted by molar-refractivity contribution is 5.83. The zero-order valence-electron chi connectivity index (χ0n) is 12.6. The second kappa shape index (κ2) is 5.95. The highest BCUT2D eigenvalue weighted by Gasteiger charge is 2.30. The number of benzene rings is 1. The maximum atomic E-state index is 12.6.